The SMILES string of the molecule is C/C=C/[C@H](O)[C@](C)(N)c1ccccc1F. The lowest BCUT2D eigenvalue weighted by Crippen LogP contribution is -2.44. The summed E-state index contributed by atoms with van der Waals surface area (Å²) in [4.78, 5) is 0. The average molecular weight is 209 g/mol. The molecule has 0 spiro atoms. The summed E-state index contributed by atoms with van der Waals surface area (Å²) in [6.45, 7) is 3.39. The van der Waals surface area contributed by atoms with E-state index in [1.54, 1.807) is 44.2 Å². The summed E-state index contributed by atoms with van der Waals surface area (Å²) in [6, 6.07) is 6.22. The molecule has 15 heavy (non-hydrogen) atoms. The smallest absolute Gasteiger partial charge is 0.128 e. The van der Waals surface area contributed by atoms with E-state index in [1.165, 1.54) is 6.07 Å². The molecule has 1 rings (SSSR count). The fraction of sp³-hybridized carbons (Fsp3) is 0.333. The fourth-order valence-corrected chi connectivity index (χ4v) is 1.44. The highest BCUT2D eigenvalue weighted by atomic mass is 19.1. The minimum atomic E-state index is -1.11. The van der Waals surface area contributed by atoms with Gasteiger partial charge in [-0.2, -0.15) is 0 Å². The van der Waals surface area contributed by atoms with Crippen LogP contribution in [0.5, 0.6) is 0 Å². The summed E-state index contributed by atoms with van der Waals surface area (Å²) in [6.07, 6.45) is 2.34. The Balaban J connectivity index is 3.10. The zero-order chi connectivity index (χ0) is 11.5. The van der Waals surface area contributed by atoms with Gasteiger partial charge >= 0.3 is 0 Å². The number of nitrogens with two attached hydrogens (primary N) is 1. The van der Waals surface area contributed by atoms with Crippen molar-refractivity contribution in [2.24, 2.45) is 5.73 Å². The van der Waals surface area contributed by atoms with E-state index in [0.717, 1.165) is 0 Å². The van der Waals surface area contributed by atoms with Gasteiger partial charge in [-0.15, -0.1) is 0 Å². The van der Waals surface area contributed by atoms with Crippen LogP contribution in [0.25, 0.3) is 0 Å². The molecule has 0 saturated carbocycles. The van der Waals surface area contributed by atoms with E-state index in [9.17, 15) is 9.50 Å². The molecular weight excluding hydrogens is 193 g/mol. The van der Waals surface area contributed by atoms with E-state index in [4.69, 9.17) is 5.73 Å². The van der Waals surface area contributed by atoms with Crippen LogP contribution in [0.15, 0.2) is 36.4 Å². The minimum Gasteiger partial charge on any atom is -0.387 e. The van der Waals surface area contributed by atoms with Crippen LogP contribution in [-0.2, 0) is 5.54 Å². The number of aliphatic hydroxyl groups excluding tert-OH is 1. The molecule has 1 aromatic rings. The van der Waals surface area contributed by atoms with Gasteiger partial charge in [0.05, 0.1) is 11.6 Å². The van der Waals surface area contributed by atoms with Crippen molar-refractivity contribution < 1.29 is 9.50 Å². The minimum absolute atomic E-state index is 0.315. The highest BCUT2D eigenvalue weighted by Crippen LogP contribution is 2.24. The Kier molecular flexibility index (Phi) is 3.61. The van der Waals surface area contributed by atoms with Crippen LogP contribution in [0, 0.1) is 5.82 Å². The third-order valence-electron chi connectivity index (χ3n) is 2.44. The number of benzene rings is 1. The van der Waals surface area contributed by atoms with E-state index in [2.05, 4.69) is 0 Å². The van der Waals surface area contributed by atoms with Crippen molar-refractivity contribution in [3.63, 3.8) is 0 Å². The van der Waals surface area contributed by atoms with Gasteiger partial charge in [0.15, 0.2) is 0 Å². The van der Waals surface area contributed by atoms with Crippen molar-refractivity contribution in [3.8, 4) is 0 Å². The van der Waals surface area contributed by atoms with Crippen LogP contribution in [0.2, 0.25) is 0 Å². The molecule has 1 aromatic carbocycles. The molecule has 0 heterocycles. The van der Waals surface area contributed by atoms with Crippen molar-refractivity contribution in [2.75, 3.05) is 0 Å². The molecule has 0 aliphatic rings. The monoisotopic (exact) mass is 209 g/mol. The second kappa shape index (κ2) is 4.55. The summed E-state index contributed by atoms with van der Waals surface area (Å²) < 4.78 is 13.5. The summed E-state index contributed by atoms with van der Waals surface area (Å²) in [5.41, 5.74) is 5.13. The Morgan fingerprint density at radius 3 is 2.60 bits per heavy atom. The summed E-state index contributed by atoms with van der Waals surface area (Å²) in [5.74, 6) is -0.397. The van der Waals surface area contributed by atoms with Crippen molar-refractivity contribution in [1.29, 1.82) is 0 Å². The van der Waals surface area contributed by atoms with Gasteiger partial charge in [0, 0.05) is 5.56 Å². The Morgan fingerprint density at radius 1 is 1.47 bits per heavy atom. The second-order valence-electron chi connectivity index (χ2n) is 3.73. The largest absolute Gasteiger partial charge is 0.387 e. The van der Waals surface area contributed by atoms with E-state index in [0.29, 0.717) is 5.56 Å². The van der Waals surface area contributed by atoms with Crippen LogP contribution < -0.4 is 5.73 Å². The highest BCUT2D eigenvalue weighted by Gasteiger charge is 2.30. The normalized spacial score (nSPS) is 17.7. The molecule has 0 aromatic heterocycles. The summed E-state index contributed by atoms with van der Waals surface area (Å²) in [7, 11) is 0. The van der Waals surface area contributed by atoms with Gasteiger partial charge in [0.1, 0.15) is 5.82 Å². The zero-order valence-electron chi connectivity index (χ0n) is 8.94. The van der Waals surface area contributed by atoms with Gasteiger partial charge < -0.3 is 10.8 Å². The zero-order valence-corrected chi connectivity index (χ0v) is 8.94. The fourth-order valence-electron chi connectivity index (χ4n) is 1.44. The molecule has 0 fully saturated rings. The number of hydrogen-bond acceptors (Lipinski definition) is 2. The third kappa shape index (κ3) is 2.43. The molecule has 0 aliphatic heterocycles. The molecule has 3 heteroatoms. The Hall–Kier alpha value is -1.19. The Bertz CT molecular complexity index is 360. The van der Waals surface area contributed by atoms with Gasteiger partial charge in [-0.05, 0) is 19.9 Å². The van der Waals surface area contributed by atoms with Crippen LogP contribution in [-0.4, -0.2) is 11.2 Å². The first-order chi connectivity index (χ1) is 7.00. The van der Waals surface area contributed by atoms with E-state index in [1.807, 2.05) is 0 Å². The molecule has 0 saturated heterocycles. The van der Waals surface area contributed by atoms with Gasteiger partial charge in [-0.1, -0.05) is 30.4 Å². The van der Waals surface area contributed by atoms with E-state index < -0.39 is 17.5 Å². The molecule has 0 bridgehead atoms. The maximum absolute atomic E-state index is 13.5. The lowest BCUT2D eigenvalue weighted by Gasteiger charge is -2.29. The Labute approximate surface area is 89.2 Å². The van der Waals surface area contributed by atoms with Crippen molar-refractivity contribution >= 4 is 0 Å². The molecule has 0 unspecified atom stereocenters. The molecule has 2 nitrogen and oxygen atoms in total. The third-order valence-corrected chi connectivity index (χ3v) is 2.44. The van der Waals surface area contributed by atoms with Crippen LogP contribution in [0.1, 0.15) is 19.4 Å². The molecule has 3 N–H and O–H groups in total. The average Bonchev–Trinajstić information content (AvgIpc) is 2.18. The number of hydrogen-bond donors (Lipinski definition) is 2. The van der Waals surface area contributed by atoms with Gasteiger partial charge in [0.2, 0.25) is 0 Å². The van der Waals surface area contributed by atoms with Gasteiger partial charge in [-0.25, -0.2) is 4.39 Å². The van der Waals surface area contributed by atoms with E-state index >= 15 is 0 Å². The molecule has 0 amide bonds. The Morgan fingerprint density at radius 2 is 2.07 bits per heavy atom. The second-order valence-corrected chi connectivity index (χ2v) is 3.73. The number of aliphatic hydroxyl groups is 1. The quantitative estimate of drug-likeness (QED) is 0.747. The van der Waals surface area contributed by atoms with Gasteiger partial charge in [0.25, 0.3) is 0 Å². The maximum atomic E-state index is 13.5. The molecule has 0 radical (unpaired) electrons. The summed E-state index contributed by atoms with van der Waals surface area (Å²) in [5, 5.41) is 9.78. The van der Waals surface area contributed by atoms with Gasteiger partial charge in [-0.3, -0.25) is 0 Å². The highest BCUT2D eigenvalue weighted by molar-refractivity contribution is 5.28. The number of halogens is 1. The lowest BCUT2D eigenvalue weighted by atomic mass is 9.87. The van der Waals surface area contributed by atoms with Crippen LogP contribution in [0.3, 0.4) is 0 Å². The van der Waals surface area contributed by atoms with Crippen molar-refractivity contribution in [3.05, 3.63) is 47.8 Å². The first-order valence-electron chi connectivity index (χ1n) is 4.85. The maximum Gasteiger partial charge on any atom is 0.128 e. The number of allylic oxidation sites excluding steroid dienone is 1. The first-order valence-corrected chi connectivity index (χ1v) is 4.85. The van der Waals surface area contributed by atoms with Crippen molar-refractivity contribution in [2.45, 2.75) is 25.5 Å². The van der Waals surface area contributed by atoms with Crippen molar-refractivity contribution in [1.82, 2.24) is 0 Å². The number of rotatable bonds is 3. The first kappa shape index (κ1) is 11.9. The predicted octanol–water partition coefficient (Wildman–Crippen LogP) is 1.94. The lowest BCUT2D eigenvalue weighted by molar-refractivity contribution is 0.134. The van der Waals surface area contributed by atoms with Crippen LogP contribution >= 0.6 is 0 Å². The summed E-state index contributed by atoms with van der Waals surface area (Å²) >= 11 is 0. The molecule has 2 atom stereocenters. The van der Waals surface area contributed by atoms with Crippen LogP contribution in [0.4, 0.5) is 4.39 Å². The molecule has 0 aliphatic carbocycles. The molecular formula is C12H16FNO. The predicted molar refractivity (Wildman–Crippen MR) is 58.8 cm³/mol. The molecule has 82 valence electrons. The topological polar surface area (TPSA) is 46.2 Å². The van der Waals surface area contributed by atoms with E-state index in [-0.39, 0.29) is 0 Å². The standard InChI is InChI=1S/C12H16FNO/c1-3-6-11(15)12(2,14)9-7-4-5-8-10(9)13/h3-8,11,15H,14H2,1-2H3/b6-3+/t11-,12+/m0/s1.